The monoisotopic (exact) mass is 187 g/mol. The quantitative estimate of drug-likeness (QED) is 0.426. The average molecular weight is 186 g/mol. The van der Waals surface area contributed by atoms with E-state index in [1.54, 1.807) is 0 Å². The first-order valence-corrected chi connectivity index (χ1v) is 3.51. The van der Waals surface area contributed by atoms with Crippen LogP contribution >= 0.6 is 0 Å². The molecule has 0 aromatic carbocycles. The van der Waals surface area contributed by atoms with Gasteiger partial charge in [-0.15, -0.1) is 0 Å². The first-order chi connectivity index (χ1) is 2.91. The second-order valence-corrected chi connectivity index (χ2v) is 1.84. The Kier molecular flexibility index (Phi) is 5.52. The summed E-state index contributed by atoms with van der Waals surface area (Å²) < 4.78 is 2.09. The van der Waals surface area contributed by atoms with E-state index < -0.39 is 0 Å². The second-order valence-electron chi connectivity index (χ2n) is 0.885. The van der Waals surface area contributed by atoms with Crippen molar-refractivity contribution >= 4 is 22.5 Å². The standard InChI is InChI=1S/C5H7.Sn/c1-3-5-4-2;/h1,3-5H,2H3;. The Morgan fingerprint density at radius 3 is 2.17 bits per heavy atom. The van der Waals surface area contributed by atoms with Crippen molar-refractivity contribution in [2.24, 2.45) is 0 Å². The fraction of sp³-hybridized carbons (Fsp3) is 0.200. The topological polar surface area (TPSA) is 0 Å². The number of hydrogen-bond donors (Lipinski definition) is 0. The zero-order valence-corrected chi connectivity index (χ0v) is 6.66. The predicted octanol–water partition coefficient (Wildman–Crippen LogP) is 1.24. The molecule has 0 saturated heterocycles. The molecule has 0 heterocycles. The van der Waals surface area contributed by atoms with Crippen molar-refractivity contribution in [3.63, 3.8) is 0 Å². The molecule has 0 N–H and O–H groups in total. The van der Waals surface area contributed by atoms with Crippen LogP contribution in [0.25, 0.3) is 0 Å². The van der Waals surface area contributed by atoms with Gasteiger partial charge in [0.1, 0.15) is 0 Å². The molecule has 0 aromatic rings. The van der Waals surface area contributed by atoms with Gasteiger partial charge >= 0.3 is 51.8 Å². The van der Waals surface area contributed by atoms with E-state index in [0.717, 1.165) is 0 Å². The SMILES string of the molecule is CC=CC=[CH][Sn]. The summed E-state index contributed by atoms with van der Waals surface area (Å²) in [6.45, 7) is 2.01. The van der Waals surface area contributed by atoms with Crippen LogP contribution in [0.2, 0.25) is 0 Å². The van der Waals surface area contributed by atoms with Gasteiger partial charge in [-0.1, -0.05) is 0 Å². The van der Waals surface area contributed by atoms with Crippen molar-refractivity contribution < 1.29 is 0 Å². The van der Waals surface area contributed by atoms with Crippen LogP contribution in [0.5, 0.6) is 0 Å². The molecule has 0 amide bonds. The molecule has 31 valence electrons. The van der Waals surface area contributed by atoms with Crippen LogP contribution in [0.3, 0.4) is 0 Å². The van der Waals surface area contributed by atoms with Crippen LogP contribution in [-0.4, -0.2) is 22.5 Å². The van der Waals surface area contributed by atoms with Crippen LogP contribution < -0.4 is 0 Å². The zero-order chi connectivity index (χ0) is 4.83. The maximum absolute atomic E-state index is 2.09. The fourth-order valence-electron chi connectivity index (χ4n) is 0.167. The van der Waals surface area contributed by atoms with E-state index in [2.05, 4.69) is 4.09 Å². The van der Waals surface area contributed by atoms with Gasteiger partial charge in [0.25, 0.3) is 0 Å². The minimum absolute atomic E-state index is 1.46. The Morgan fingerprint density at radius 2 is 2.00 bits per heavy atom. The third kappa shape index (κ3) is 4.28. The van der Waals surface area contributed by atoms with Gasteiger partial charge in [-0.05, 0) is 0 Å². The van der Waals surface area contributed by atoms with Crippen molar-refractivity contribution in [3.8, 4) is 0 Å². The molecule has 6 heavy (non-hydrogen) atoms. The molecular formula is C5H7Sn. The zero-order valence-electron chi connectivity index (χ0n) is 3.81. The molecule has 0 unspecified atom stereocenters. The third-order valence-corrected chi connectivity index (χ3v) is 0.949. The summed E-state index contributed by atoms with van der Waals surface area (Å²) in [7, 11) is 0. The van der Waals surface area contributed by atoms with E-state index in [4.69, 9.17) is 0 Å². The molecule has 3 radical (unpaired) electrons. The van der Waals surface area contributed by atoms with Crippen molar-refractivity contribution in [2.45, 2.75) is 6.92 Å². The molecule has 0 saturated carbocycles. The molecule has 0 aliphatic carbocycles. The summed E-state index contributed by atoms with van der Waals surface area (Å²) in [6, 6.07) is 0. The van der Waals surface area contributed by atoms with E-state index in [0.29, 0.717) is 0 Å². The molecule has 0 fully saturated rings. The van der Waals surface area contributed by atoms with Crippen LogP contribution in [0, 0.1) is 0 Å². The van der Waals surface area contributed by atoms with E-state index >= 15 is 0 Å². The summed E-state index contributed by atoms with van der Waals surface area (Å²) in [5.74, 6) is 0. The summed E-state index contributed by atoms with van der Waals surface area (Å²) >= 11 is 1.46. The molecule has 0 aliphatic heterocycles. The van der Waals surface area contributed by atoms with Gasteiger partial charge < -0.3 is 0 Å². The van der Waals surface area contributed by atoms with E-state index in [1.165, 1.54) is 22.5 Å². The van der Waals surface area contributed by atoms with Gasteiger partial charge in [0.2, 0.25) is 0 Å². The van der Waals surface area contributed by atoms with Gasteiger partial charge in [0.15, 0.2) is 0 Å². The third-order valence-electron chi connectivity index (χ3n) is 0.400. The molecule has 0 aromatic heterocycles. The fourth-order valence-corrected chi connectivity index (χ4v) is 0.484. The number of rotatable bonds is 1. The summed E-state index contributed by atoms with van der Waals surface area (Å²) in [5.41, 5.74) is 0. The molecule has 0 aliphatic rings. The van der Waals surface area contributed by atoms with Crippen LogP contribution in [0.4, 0.5) is 0 Å². The Hall–Kier alpha value is 0.279. The van der Waals surface area contributed by atoms with Crippen LogP contribution in [0.15, 0.2) is 22.3 Å². The van der Waals surface area contributed by atoms with Gasteiger partial charge in [0, 0.05) is 0 Å². The second kappa shape index (κ2) is 5.28. The first-order valence-electron chi connectivity index (χ1n) is 1.87. The molecule has 0 rings (SSSR count). The van der Waals surface area contributed by atoms with Gasteiger partial charge in [-0.3, -0.25) is 0 Å². The Balaban J connectivity index is 3.07. The predicted molar refractivity (Wildman–Crippen MR) is 29.7 cm³/mol. The molecule has 0 atom stereocenters. The van der Waals surface area contributed by atoms with Crippen molar-refractivity contribution in [1.29, 1.82) is 0 Å². The molecule has 0 bridgehead atoms. The van der Waals surface area contributed by atoms with Gasteiger partial charge in [0.05, 0.1) is 0 Å². The summed E-state index contributed by atoms with van der Waals surface area (Å²) in [6.07, 6.45) is 6.08. The average Bonchev–Trinajstić information content (AvgIpc) is 1.61. The molecular weight excluding hydrogens is 179 g/mol. The summed E-state index contributed by atoms with van der Waals surface area (Å²) in [5, 5.41) is 0. The Labute approximate surface area is 52.0 Å². The van der Waals surface area contributed by atoms with E-state index in [-0.39, 0.29) is 0 Å². The van der Waals surface area contributed by atoms with Crippen LogP contribution in [-0.2, 0) is 0 Å². The Morgan fingerprint density at radius 1 is 1.33 bits per heavy atom. The number of allylic oxidation sites excluding steroid dienone is 3. The Bertz CT molecular complexity index is 52.3. The summed E-state index contributed by atoms with van der Waals surface area (Å²) in [4.78, 5) is 0. The van der Waals surface area contributed by atoms with Crippen molar-refractivity contribution in [2.75, 3.05) is 0 Å². The van der Waals surface area contributed by atoms with Gasteiger partial charge in [-0.2, -0.15) is 0 Å². The molecule has 0 spiro atoms. The molecule has 0 nitrogen and oxygen atoms in total. The van der Waals surface area contributed by atoms with E-state index in [1.807, 2.05) is 25.2 Å². The first kappa shape index (κ1) is 6.28. The van der Waals surface area contributed by atoms with E-state index in [9.17, 15) is 0 Å². The van der Waals surface area contributed by atoms with Crippen molar-refractivity contribution in [3.05, 3.63) is 22.3 Å². The maximum atomic E-state index is 2.09. The number of hydrogen-bond acceptors (Lipinski definition) is 0. The normalized spacial score (nSPS) is 11.7. The van der Waals surface area contributed by atoms with Crippen LogP contribution in [0.1, 0.15) is 6.92 Å². The molecule has 1 heteroatoms. The van der Waals surface area contributed by atoms with Crippen molar-refractivity contribution in [1.82, 2.24) is 0 Å². The van der Waals surface area contributed by atoms with Gasteiger partial charge in [-0.25, -0.2) is 0 Å². The minimum atomic E-state index is 1.46.